The predicted molar refractivity (Wildman–Crippen MR) is 65.2 cm³/mol. The first-order valence-electron chi connectivity index (χ1n) is 4.57. The van der Waals surface area contributed by atoms with Gasteiger partial charge in [-0.3, -0.25) is 9.11 Å². The van der Waals surface area contributed by atoms with E-state index in [2.05, 4.69) is 5.18 Å². The maximum Gasteiger partial charge on any atom is 0.394 e. The van der Waals surface area contributed by atoms with Crippen LogP contribution >= 0.6 is 0 Å². The normalized spacial score (nSPS) is 10.6. The lowest BCUT2D eigenvalue weighted by Gasteiger charge is -2.00. The van der Waals surface area contributed by atoms with Crippen LogP contribution in [0.3, 0.4) is 0 Å². The zero-order chi connectivity index (χ0) is 13.8. The van der Waals surface area contributed by atoms with Gasteiger partial charge in [-0.05, 0) is 16.6 Å². The summed E-state index contributed by atoms with van der Waals surface area (Å²) in [5.74, 6) is -0.0753. The summed E-state index contributed by atoms with van der Waals surface area (Å²) in [7, 11) is -4.67. The van der Waals surface area contributed by atoms with E-state index in [4.69, 9.17) is 17.5 Å². The molecule has 2 rings (SSSR count). The lowest BCUT2D eigenvalue weighted by atomic mass is 10.1. The second-order valence-corrected chi connectivity index (χ2v) is 4.09. The molecule has 3 N–H and O–H groups in total. The van der Waals surface area contributed by atoms with Gasteiger partial charge in [-0.1, -0.05) is 30.3 Å². The molecule has 0 aromatic heterocycles. The lowest BCUT2D eigenvalue weighted by Crippen LogP contribution is -1.89. The fraction of sp³-hybridized carbons (Fsp3) is 0. The van der Waals surface area contributed by atoms with E-state index in [1.165, 1.54) is 6.07 Å². The van der Waals surface area contributed by atoms with Gasteiger partial charge in [0.15, 0.2) is 5.69 Å². The van der Waals surface area contributed by atoms with Gasteiger partial charge in [0.25, 0.3) is 0 Å². The Morgan fingerprint density at radius 2 is 1.56 bits per heavy atom. The van der Waals surface area contributed by atoms with Crippen LogP contribution in [0.1, 0.15) is 0 Å². The first-order valence-corrected chi connectivity index (χ1v) is 5.96. The van der Waals surface area contributed by atoms with Crippen LogP contribution < -0.4 is 0 Å². The van der Waals surface area contributed by atoms with Crippen LogP contribution in [0.25, 0.3) is 10.8 Å². The molecule has 0 saturated carbocycles. The molecule has 0 aliphatic heterocycles. The number of phenols is 1. The van der Waals surface area contributed by atoms with Crippen molar-refractivity contribution in [1.29, 1.82) is 0 Å². The highest BCUT2D eigenvalue weighted by molar-refractivity contribution is 7.79. The Balaban J connectivity index is 0.000000280. The zero-order valence-electron chi connectivity index (χ0n) is 8.89. The van der Waals surface area contributed by atoms with E-state index in [9.17, 15) is 10.0 Å². The molecule has 0 saturated heterocycles. The molecule has 0 bridgehead atoms. The highest BCUT2D eigenvalue weighted by Gasteiger charge is 2.05. The Labute approximate surface area is 102 Å². The summed E-state index contributed by atoms with van der Waals surface area (Å²) < 4.78 is 31.6. The van der Waals surface area contributed by atoms with Gasteiger partial charge in [0.1, 0.15) is 5.75 Å². The van der Waals surface area contributed by atoms with Crippen LogP contribution in [0, 0.1) is 4.91 Å². The van der Waals surface area contributed by atoms with E-state index in [1.807, 2.05) is 12.1 Å². The van der Waals surface area contributed by atoms with Crippen LogP contribution in [0.5, 0.6) is 5.75 Å². The molecule has 0 unspecified atom stereocenters. The number of nitrogens with zero attached hydrogens (tertiary/aromatic N) is 1. The molecule has 8 heteroatoms. The van der Waals surface area contributed by atoms with Gasteiger partial charge < -0.3 is 5.11 Å². The number of hydrogen-bond donors (Lipinski definition) is 3. The molecule has 0 atom stereocenters. The van der Waals surface area contributed by atoms with Gasteiger partial charge >= 0.3 is 10.4 Å². The quantitative estimate of drug-likeness (QED) is 0.540. The molecule has 0 radical (unpaired) electrons. The van der Waals surface area contributed by atoms with Crippen molar-refractivity contribution < 1.29 is 22.6 Å². The second kappa shape index (κ2) is 5.54. The summed E-state index contributed by atoms with van der Waals surface area (Å²) in [6.07, 6.45) is 0. The fourth-order valence-corrected chi connectivity index (χ4v) is 1.34. The van der Waals surface area contributed by atoms with E-state index in [0.29, 0.717) is 5.39 Å². The molecule has 96 valence electrons. The number of phenolic OH excluding ortho intramolecular Hbond substituents is 1. The average molecular weight is 271 g/mol. The van der Waals surface area contributed by atoms with Crippen LogP contribution in [-0.2, 0) is 10.4 Å². The molecule has 0 spiro atoms. The Bertz CT molecular complexity index is 659. The largest absolute Gasteiger partial charge is 0.506 e. The molecule has 2 aromatic rings. The Hall–Kier alpha value is -2.03. The van der Waals surface area contributed by atoms with Crippen LogP contribution in [0.4, 0.5) is 5.69 Å². The number of benzene rings is 2. The number of fused-ring (bicyclic) bond motifs is 1. The molecule has 18 heavy (non-hydrogen) atoms. The zero-order valence-corrected chi connectivity index (χ0v) is 9.70. The summed E-state index contributed by atoms with van der Waals surface area (Å²) in [5, 5.41) is 13.7. The number of aromatic hydroxyl groups is 1. The van der Waals surface area contributed by atoms with E-state index >= 15 is 0 Å². The molecular formula is C10H9NO6S. The Morgan fingerprint density at radius 3 is 2.11 bits per heavy atom. The van der Waals surface area contributed by atoms with Crippen molar-refractivity contribution in [3.05, 3.63) is 41.3 Å². The average Bonchev–Trinajstić information content (AvgIpc) is 2.27. The van der Waals surface area contributed by atoms with Crippen molar-refractivity contribution in [3.63, 3.8) is 0 Å². The molecule has 0 amide bonds. The predicted octanol–water partition coefficient (Wildman–Crippen LogP) is 2.29. The monoisotopic (exact) mass is 271 g/mol. The minimum atomic E-state index is -4.67. The summed E-state index contributed by atoms with van der Waals surface area (Å²) >= 11 is 0. The standard InChI is InChI=1S/C10H7NO2.H2O4S/c12-9-6-5-7-3-1-2-4-8(7)10(9)11-13;1-5(2,3)4/h1-6,12H;(H2,1,2,3,4). The molecule has 7 nitrogen and oxygen atoms in total. The Morgan fingerprint density at radius 1 is 1.00 bits per heavy atom. The molecule has 0 fully saturated rings. The summed E-state index contributed by atoms with van der Waals surface area (Å²) in [5.41, 5.74) is 0.109. The first kappa shape index (κ1) is 14.0. The fourth-order valence-electron chi connectivity index (χ4n) is 1.34. The summed E-state index contributed by atoms with van der Waals surface area (Å²) in [6, 6.07) is 10.5. The minimum absolute atomic E-state index is 0.0753. The van der Waals surface area contributed by atoms with Crippen molar-refractivity contribution in [2.75, 3.05) is 0 Å². The highest BCUT2D eigenvalue weighted by atomic mass is 32.3. The lowest BCUT2D eigenvalue weighted by molar-refractivity contribution is 0.381. The van der Waals surface area contributed by atoms with Crippen LogP contribution in [-0.4, -0.2) is 22.6 Å². The van der Waals surface area contributed by atoms with Gasteiger partial charge in [0.2, 0.25) is 0 Å². The molecular weight excluding hydrogens is 262 g/mol. The third-order valence-corrected chi connectivity index (χ3v) is 1.97. The van der Waals surface area contributed by atoms with Crippen LogP contribution in [0.2, 0.25) is 0 Å². The van der Waals surface area contributed by atoms with Crippen molar-refractivity contribution in [1.82, 2.24) is 0 Å². The third-order valence-electron chi connectivity index (χ3n) is 1.97. The van der Waals surface area contributed by atoms with Crippen LogP contribution in [0.15, 0.2) is 41.6 Å². The molecule has 0 heterocycles. The van der Waals surface area contributed by atoms with E-state index in [0.717, 1.165) is 5.39 Å². The van der Waals surface area contributed by atoms with Gasteiger partial charge in [0, 0.05) is 5.39 Å². The highest BCUT2D eigenvalue weighted by Crippen LogP contribution is 2.34. The second-order valence-electron chi connectivity index (χ2n) is 3.19. The smallest absolute Gasteiger partial charge is 0.394 e. The molecule has 0 aliphatic rings. The maximum atomic E-state index is 10.4. The number of hydrogen-bond acceptors (Lipinski definition) is 5. The minimum Gasteiger partial charge on any atom is -0.506 e. The van der Waals surface area contributed by atoms with E-state index in [1.54, 1.807) is 18.2 Å². The Kier molecular flexibility index (Phi) is 4.32. The van der Waals surface area contributed by atoms with Crippen molar-refractivity contribution in [3.8, 4) is 5.75 Å². The topological polar surface area (TPSA) is 124 Å². The van der Waals surface area contributed by atoms with Gasteiger partial charge in [-0.25, -0.2) is 0 Å². The number of rotatable bonds is 1. The van der Waals surface area contributed by atoms with Crippen molar-refractivity contribution >= 4 is 26.9 Å². The van der Waals surface area contributed by atoms with Crippen molar-refractivity contribution in [2.45, 2.75) is 0 Å². The first-order chi connectivity index (χ1) is 8.33. The van der Waals surface area contributed by atoms with Gasteiger partial charge in [0.05, 0.1) is 0 Å². The number of nitroso groups, excluding NO2 is 1. The molecule has 0 aliphatic carbocycles. The van der Waals surface area contributed by atoms with E-state index in [-0.39, 0.29) is 11.4 Å². The maximum absolute atomic E-state index is 10.4. The van der Waals surface area contributed by atoms with E-state index < -0.39 is 10.4 Å². The van der Waals surface area contributed by atoms with Gasteiger partial charge in [-0.15, -0.1) is 4.91 Å². The third kappa shape index (κ3) is 4.09. The summed E-state index contributed by atoms with van der Waals surface area (Å²) in [6.45, 7) is 0. The summed E-state index contributed by atoms with van der Waals surface area (Å²) in [4.78, 5) is 10.4. The SMILES string of the molecule is O=Nc1c(O)ccc2ccccc12.O=S(=O)(O)O. The molecule has 2 aromatic carbocycles. The van der Waals surface area contributed by atoms with Gasteiger partial charge in [-0.2, -0.15) is 8.42 Å². The van der Waals surface area contributed by atoms with Crippen molar-refractivity contribution in [2.24, 2.45) is 5.18 Å².